The minimum atomic E-state index is -0.690. The zero-order valence-corrected chi connectivity index (χ0v) is 8.93. The van der Waals surface area contributed by atoms with Crippen molar-refractivity contribution in [2.24, 2.45) is 0 Å². The molecule has 0 bridgehead atoms. The monoisotopic (exact) mass is 229 g/mol. The molecule has 1 unspecified atom stereocenters. The molecule has 0 radical (unpaired) electrons. The molecule has 0 saturated carbocycles. The van der Waals surface area contributed by atoms with E-state index in [1.54, 1.807) is 0 Å². The van der Waals surface area contributed by atoms with Gasteiger partial charge in [0.25, 0.3) is 0 Å². The average molecular weight is 229 g/mol. The molecule has 1 fully saturated rings. The second kappa shape index (κ2) is 4.76. The van der Waals surface area contributed by atoms with E-state index in [9.17, 15) is 8.78 Å². The second-order valence-corrected chi connectivity index (χ2v) is 3.59. The summed E-state index contributed by atoms with van der Waals surface area (Å²) in [7, 11) is 1.36. The third kappa shape index (κ3) is 2.15. The highest BCUT2D eigenvalue weighted by atomic mass is 19.1. The maximum atomic E-state index is 13.4. The summed E-state index contributed by atoms with van der Waals surface area (Å²) in [6, 6.07) is 1.86. The topological polar surface area (TPSA) is 30.5 Å². The fourth-order valence-corrected chi connectivity index (χ4v) is 1.82. The van der Waals surface area contributed by atoms with Gasteiger partial charge in [-0.1, -0.05) is 0 Å². The molecule has 1 aliphatic heterocycles. The quantitative estimate of drug-likeness (QED) is 0.836. The van der Waals surface area contributed by atoms with Gasteiger partial charge in [-0.05, 0) is 6.07 Å². The Morgan fingerprint density at radius 3 is 2.88 bits per heavy atom. The van der Waals surface area contributed by atoms with E-state index in [2.05, 4.69) is 5.32 Å². The van der Waals surface area contributed by atoms with Gasteiger partial charge in [0.2, 0.25) is 0 Å². The third-order valence-corrected chi connectivity index (χ3v) is 2.54. The molecule has 0 amide bonds. The number of ether oxygens (including phenoxy) is 2. The van der Waals surface area contributed by atoms with Gasteiger partial charge in [-0.3, -0.25) is 0 Å². The minimum Gasteiger partial charge on any atom is -0.493 e. The summed E-state index contributed by atoms with van der Waals surface area (Å²) < 4.78 is 36.8. The lowest BCUT2D eigenvalue weighted by atomic mass is 10.0. The van der Waals surface area contributed by atoms with Crippen LogP contribution in [0.1, 0.15) is 11.6 Å². The number of hydrogen-bond acceptors (Lipinski definition) is 3. The SMILES string of the molecule is COc1c(F)cc(F)cc1C1COCCN1. The predicted octanol–water partition coefficient (Wildman–Crippen LogP) is 1.63. The van der Waals surface area contributed by atoms with E-state index in [-0.39, 0.29) is 11.8 Å². The van der Waals surface area contributed by atoms with Gasteiger partial charge in [0.05, 0.1) is 26.4 Å². The van der Waals surface area contributed by atoms with E-state index >= 15 is 0 Å². The number of morpholine rings is 1. The fraction of sp³-hybridized carbons (Fsp3) is 0.455. The summed E-state index contributed by atoms with van der Waals surface area (Å²) in [5.74, 6) is -1.23. The molecule has 1 aromatic carbocycles. The normalized spacial score (nSPS) is 20.8. The van der Waals surface area contributed by atoms with Crippen LogP contribution in [-0.2, 0) is 4.74 Å². The van der Waals surface area contributed by atoms with Crippen molar-refractivity contribution in [2.75, 3.05) is 26.9 Å². The predicted molar refractivity (Wildman–Crippen MR) is 54.5 cm³/mol. The first-order valence-corrected chi connectivity index (χ1v) is 5.06. The van der Waals surface area contributed by atoms with Crippen molar-refractivity contribution in [3.63, 3.8) is 0 Å². The van der Waals surface area contributed by atoms with Crippen LogP contribution in [0.2, 0.25) is 0 Å². The van der Waals surface area contributed by atoms with Crippen LogP contribution in [0.4, 0.5) is 8.78 Å². The molecular formula is C11H13F2NO2. The van der Waals surface area contributed by atoms with E-state index in [1.165, 1.54) is 13.2 Å². The van der Waals surface area contributed by atoms with Crippen molar-refractivity contribution in [1.82, 2.24) is 5.32 Å². The highest BCUT2D eigenvalue weighted by Gasteiger charge is 2.22. The zero-order chi connectivity index (χ0) is 11.5. The van der Waals surface area contributed by atoms with Crippen LogP contribution in [-0.4, -0.2) is 26.9 Å². The van der Waals surface area contributed by atoms with Crippen LogP contribution in [0.5, 0.6) is 5.75 Å². The van der Waals surface area contributed by atoms with Gasteiger partial charge in [-0.2, -0.15) is 0 Å². The molecule has 0 aromatic heterocycles. The summed E-state index contributed by atoms with van der Waals surface area (Å²) in [5, 5.41) is 3.13. The molecule has 16 heavy (non-hydrogen) atoms. The Hall–Kier alpha value is -1.20. The van der Waals surface area contributed by atoms with Crippen molar-refractivity contribution in [2.45, 2.75) is 6.04 Å². The van der Waals surface area contributed by atoms with Gasteiger partial charge in [0.15, 0.2) is 11.6 Å². The van der Waals surface area contributed by atoms with Gasteiger partial charge >= 0.3 is 0 Å². The lowest BCUT2D eigenvalue weighted by molar-refractivity contribution is 0.0758. The average Bonchev–Trinajstić information content (AvgIpc) is 2.29. The van der Waals surface area contributed by atoms with Gasteiger partial charge < -0.3 is 14.8 Å². The van der Waals surface area contributed by atoms with E-state index in [0.717, 1.165) is 6.07 Å². The first kappa shape index (κ1) is 11.3. The number of halogens is 2. The van der Waals surface area contributed by atoms with Gasteiger partial charge in [-0.15, -0.1) is 0 Å². The number of benzene rings is 1. The van der Waals surface area contributed by atoms with Crippen LogP contribution in [0, 0.1) is 11.6 Å². The van der Waals surface area contributed by atoms with E-state index in [1.807, 2.05) is 0 Å². The van der Waals surface area contributed by atoms with Crippen LogP contribution >= 0.6 is 0 Å². The Kier molecular flexibility index (Phi) is 3.36. The Labute approximate surface area is 92.4 Å². The highest BCUT2D eigenvalue weighted by Crippen LogP contribution is 2.30. The maximum Gasteiger partial charge on any atom is 0.168 e. The Balaban J connectivity index is 2.36. The van der Waals surface area contributed by atoms with Gasteiger partial charge in [-0.25, -0.2) is 8.78 Å². The number of hydrogen-bond donors (Lipinski definition) is 1. The van der Waals surface area contributed by atoms with E-state index in [4.69, 9.17) is 9.47 Å². The van der Waals surface area contributed by atoms with Crippen LogP contribution in [0.25, 0.3) is 0 Å². The van der Waals surface area contributed by atoms with E-state index < -0.39 is 11.6 Å². The smallest absolute Gasteiger partial charge is 0.168 e. The molecule has 1 heterocycles. The Morgan fingerprint density at radius 1 is 1.44 bits per heavy atom. The van der Waals surface area contributed by atoms with Crippen LogP contribution in [0.15, 0.2) is 12.1 Å². The largest absolute Gasteiger partial charge is 0.493 e. The fourth-order valence-electron chi connectivity index (χ4n) is 1.82. The second-order valence-electron chi connectivity index (χ2n) is 3.59. The summed E-state index contributed by atoms with van der Waals surface area (Å²) in [6.07, 6.45) is 0. The third-order valence-electron chi connectivity index (χ3n) is 2.54. The summed E-state index contributed by atoms with van der Waals surface area (Å²) in [6.45, 7) is 1.65. The lowest BCUT2D eigenvalue weighted by Crippen LogP contribution is -2.34. The summed E-state index contributed by atoms with van der Waals surface area (Å²) in [5.41, 5.74) is 0.458. The minimum absolute atomic E-state index is 0.0735. The Morgan fingerprint density at radius 2 is 2.25 bits per heavy atom. The first-order valence-electron chi connectivity index (χ1n) is 5.06. The summed E-state index contributed by atoms with van der Waals surface area (Å²) >= 11 is 0. The molecule has 1 aliphatic rings. The highest BCUT2D eigenvalue weighted by molar-refractivity contribution is 5.38. The zero-order valence-electron chi connectivity index (χ0n) is 8.93. The van der Waals surface area contributed by atoms with Crippen molar-refractivity contribution in [3.8, 4) is 5.75 Å². The van der Waals surface area contributed by atoms with Crippen molar-refractivity contribution in [3.05, 3.63) is 29.3 Å². The van der Waals surface area contributed by atoms with Crippen molar-refractivity contribution in [1.29, 1.82) is 0 Å². The molecule has 3 nitrogen and oxygen atoms in total. The maximum absolute atomic E-state index is 13.4. The molecule has 5 heteroatoms. The molecule has 1 atom stereocenters. The number of methoxy groups -OCH3 is 1. The first-order chi connectivity index (χ1) is 7.72. The van der Waals surface area contributed by atoms with Crippen molar-refractivity contribution >= 4 is 0 Å². The summed E-state index contributed by atoms with van der Waals surface area (Å²) in [4.78, 5) is 0. The number of rotatable bonds is 2. The molecular weight excluding hydrogens is 216 g/mol. The van der Waals surface area contributed by atoms with Crippen molar-refractivity contribution < 1.29 is 18.3 Å². The molecule has 2 rings (SSSR count). The molecule has 1 aromatic rings. The molecule has 88 valence electrons. The Bertz CT molecular complexity index is 378. The van der Waals surface area contributed by atoms with Gasteiger partial charge in [0.1, 0.15) is 5.82 Å². The molecule has 1 N–H and O–H groups in total. The lowest BCUT2D eigenvalue weighted by Gasteiger charge is -2.25. The number of nitrogens with one attached hydrogen (secondary N) is 1. The van der Waals surface area contributed by atoms with Gasteiger partial charge in [0, 0.05) is 18.2 Å². The van der Waals surface area contributed by atoms with E-state index in [0.29, 0.717) is 25.3 Å². The molecule has 0 aliphatic carbocycles. The molecule has 0 spiro atoms. The van der Waals surface area contributed by atoms with Crippen LogP contribution < -0.4 is 10.1 Å². The molecule has 1 saturated heterocycles. The van der Waals surface area contributed by atoms with Crippen LogP contribution in [0.3, 0.4) is 0 Å². The standard InChI is InChI=1S/C11H13F2NO2/c1-15-11-8(4-7(12)5-9(11)13)10-6-16-3-2-14-10/h4-5,10,14H,2-3,6H2,1H3.